The Bertz CT molecular complexity index is 1320. The van der Waals surface area contributed by atoms with E-state index < -0.39 is 0 Å². The highest BCUT2D eigenvalue weighted by molar-refractivity contribution is 8.00. The molecule has 0 atom stereocenters. The molecular weight excluding hydrogens is 444 g/mol. The fraction of sp³-hybridized carbons (Fsp3) is 0.0833. The Morgan fingerprint density at radius 2 is 1.91 bits per heavy atom. The lowest BCUT2D eigenvalue weighted by Gasteiger charge is -2.29. The second-order valence-corrected chi connectivity index (χ2v) is 8.86. The molecule has 6 nitrogen and oxygen atoms in total. The predicted molar refractivity (Wildman–Crippen MR) is 131 cm³/mol. The number of hydrogen-bond donors (Lipinski definition) is 3. The Hall–Kier alpha value is -3.42. The van der Waals surface area contributed by atoms with E-state index in [4.69, 9.17) is 11.6 Å². The van der Waals surface area contributed by atoms with Gasteiger partial charge in [-0.05, 0) is 42.0 Å². The number of amides is 3. The summed E-state index contributed by atoms with van der Waals surface area (Å²) in [6, 6.07) is 20.6. The van der Waals surface area contributed by atoms with Gasteiger partial charge in [0.05, 0.1) is 23.7 Å². The average molecular weight is 463 g/mol. The van der Waals surface area contributed by atoms with Gasteiger partial charge in [-0.15, -0.1) is 11.8 Å². The average Bonchev–Trinajstić information content (AvgIpc) is 3.18. The summed E-state index contributed by atoms with van der Waals surface area (Å²) >= 11 is 7.60. The van der Waals surface area contributed by atoms with E-state index in [1.807, 2.05) is 54.6 Å². The molecule has 0 aliphatic carbocycles. The van der Waals surface area contributed by atoms with E-state index in [0.717, 1.165) is 27.0 Å². The second-order valence-electron chi connectivity index (χ2n) is 7.41. The lowest BCUT2D eigenvalue weighted by Crippen LogP contribution is -2.34. The number of halogens is 1. The Morgan fingerprint density at radius 1 is 1.06 bits per heavy atom. The number of hydrogen-bond acceptors (Lipinski definition) is 3. The number of nitrogens with one attached hydrogen (secondary N) is 3. The van der Waals surface area contributed by atoms with Gasteiger partial charge in [-0.25, -0.2) is 4.79 Å². The zero-order valence-corrected chi connectivity index (χ0v) is 18.5. The van der Waals surface area contributed by atoms with Crippen molar-refractivity contribution >= 4 is 63.3 Å². The molecule has 2 heterocycles. The van der Waals surface area contributed by atoms with Crippen molar-refractivity contribution in [2.24, 2.45) is 0 Å². The maximum atomic E-state index is 12.7. The number of benzene rings is 3. The largest absolute Gasteiger partial charge is 0.359 e. The molecule has 8 heteroatoms. The molecule has 0 saturated heterocycles. The van der Waals surface area contributed by atoms with E-state index >= 15 is 0 Å². The lowest BCUT2D eigenvalue weighted by molar-refractivity contribution is -0.116. The van der Waals surface area contributed by atoms with Crippen molar-refractivity contribution in [3.63, 3.8) is 0 Å². The van der Waals surface area contributed by atoms with Crippen molar-refractivity contribution in [1.29, 1.82) is 0 Å². The molecule has 1 aliphatic heterocycles. The Morgan fingerprint density at radius 3 is 2.75 bits per heavy atom. The maximum Gasteiger partial charge on any atom is 0.323 e. The van der Waals surface area contributed by atoms with Crippen LogP contribution in [0.5, 0.6) is 0 Å². The van der Waals surface area contributed by atoms with E-state index in [9.17, 15) is 9.59 Å². The molecule has 3 amide bonds. The van der Waals surface area contributed by atoms with Crippen molar-refractivity contribution in [3.05, 3.63) is 83.5 Å². The number of aromatic nitrogens is 1. The third kappa shape index (κ3) is 4.17. The molecule has 32 heavy (non-hydrogen) atoms. The van der Waals surface area contributed by atoms with Gasteiger partial charge in [-0.3, -0.25) is 4.79 Å². The molecule has 0 fully saturated rings. The van der Waals surface area contributed by atoms with E-state index in [0.29, 0.717) is 28.7 Å². The highest BCUT2D eigenvalue weighted by Gasteiger charge is 2.25. The number of nitrogens with zero attached hydrogens (tertiary/aromatic N) is 1. The molecule has 3 aromatic carbocycles. The van der Waals surface area contributed by atoms with Crippen molar-refractivity contribution in [3.8, 4) is 0 Å². The van der Waals surface area contributed by atoms with Crippen LogP contribution in [-0.2, 0) is 11.3 Å². The first-order chi connectivity index (χ1) is 15.6. The predicted octanol–water partition coefficient (Wildman–Crippen LogP) is 6.10. The van der Waals surface area contributed by atoms with Gasteiger partial charge in [0, 0.05) is 32.7 Å². The van der Waals surface area contributed by atoms with Gasteiger partial charge < -0.3 is 20.5 Å². The Balaban J connectivity index is 1.36. The van der Waals surface area contributed by atoms with Gasteiger partial charge >= 0.3 is 6.03 Å². The summed E-state index contributed by atoms with van der Waals surface area (Å²) in [5.41, 5.74) is 3.96. The molecular formula is C24H19ClN4O2S. The van der Waals surface area contributed by atoms with Crippen molar-refractivity contribution < 1.29 is 9.59 Å². The van der Waals surface area contributed by atoms with Crippen LogP contribution in [0.15, 0.2) is 77.8 Å². The highest BCUT2D eigenvalue weighted by atomic mass is 35.5. The van der Waals surface area contributed by atoms with Gasteiger partial charge in [0.1, 0.15) is 0 Å². The van der Waals surface area contributed by atoms with Crippen LogP contribution in [0.3, 0.4) is 0 Å². The molecule has 3 N–H and O–H groups in total. The molecule has 0 bridgehead atoms. The summed E-state index contributed by atoms with van der Waals surface area (Å²) in [6.45, 7) is 0.485. The van der Waals surface area contributed by atoms with Crippen molar-refractivity contribution in [2.45, 2.75) is 11.4 Å². The molecule has 5 rings (SSSR count). The summed E-state index contributed by atoms with van der Waals surface area (Å²) in [5.74, 6) is 0.444. The topological polar surface area (TPSA) is 77.2 Å². The number of thioether (sulfide) groups is 1. The van der Waals surface area contributed by atoms with Crippen molar-refractivity contribution in [1.82, 2.24) is 4.98 Å². The molecule has 4 aromatic rings. The zero-order chi connectivity index (χ0) is 22.1. The van der Waals surface area contributed by atoms with Gasteiger partial charge in [0.25, 0.3) is 0 Å². The molecule has 1 aliphatic rings. The van der Waals surface area contributed by atoms with Gasteiger partial charge in [-0.1, -0.05) is 41.9 Å². The maximum absolute atomic E-state index is 12.7. The normalized spacial score (nSPS) is 13.2. The molecule has 0 spiro atoms. The van der Waals surface area contributed by atoms with Gasteiger partial charge in [0.2, 0.25) is 5.91 Å². The van der Waals surface area contributed by atoms with Crippen LogP contribution in [0.25, 0.3) is 10.9 Å². The number of carbonyl (C=O) groups excluding carboxylic acids is 2. The molecule has 0 unspecified atom stereocenters. The molecule has 0 saturated carbocycles. The quantitative estimate of drug-likeness (QED) is 0.342. The first kappa shape index (κ1) is 20.5. The first-order valence-electron chi connectivity index (χ1n) is 10.0. The second kappa shape index (κ2) is 8.61. The standard InChI is InChI=1S/C24H19ClN4O2S/c25-16-6-8-19-18(10-16)20(12-26-19)28-24(31)27-17-7-9-22-21(11-17)29(23(30)14-32-22)13-15-4-2-1-3-5-15/h1-12,26H,13-14H2,(H2,27,28,31). The number of aromatic amines is 1. The number of fused-ring (bicyclic) bond motifs is 2. The summed E-state index contributed by atoms with van der Waals surface area (Å²) < 4.78 is 0. The van der Waals surface area contributed by atoms with Crippen LogP contribution in [0.4, 0.5) is 21.9 Å². The number of carbonyl (C=O) groups is 2. The number of urea groups is 1. The minimum absolute atomic E-state index is 0.0450. The van der Waals surface area contributed by atoms with Gasteiger partial charge in [-0.2, -0.15) is 0 Å². The summed E-state index contributed by atoms with van der Waals surface area (Å²) in [5, 5.41) is 7.14. The highest BCUT2D eigenvalue weighted by Crippen LogP contribution is 2.38. The van der Waals surface area contributed by atoms with Crippen molar-refractivity contribution in [2.75, 3.05) is 21.3 Å². The molecule has 160 valence electrons. The fourth-order valence-corrected chi connectivity index (χ4v) is 4.79. The van der Waals surface area contributed by atoms with Crippen LogP contribution >= 0.6 is 23.4 Å². The minimum Gasteiger partial charge on any atom is -0.359 e. The number of anilines is 3. The number of rotatable bonds is 4. The Labute approximate surface area is 193 Å². The third-order valence-corrected chi connectivity index (χ3v) is 6.52. The monoisotopic (exact) mass is 462 g/mol. The summed E-state index contributed by atoms with van der Waals surface area (Å²) in [4.78, 5) is 31.2. The summed E-state index contributed by atoms with van der Waals surface area (Å²) in [6.07, 6.45) is 1.73. The van der Waals surface area contributed by atoms with E-state index in [1.54, 1.807) is 23.2 Å². The van der Waals surface area contributed by atoms with Crippen LogP contribution in [0, 0.1) is 0 Å². The number of H-pyrrole nitrogens is 1. The fourth-order valence-electron chi connectivity index (χ4n) is 3.70. The minimum atomic E-state index is -0.379. The van der Waals surface area contributed by atoms with Gasteiger partial charge in [0.15, 0.2) is 0 Å². The van der Waals surface area contributed by atoms with Crippen LogP contribution in [0.1, 0.15) is 5.56 Å². The van der Waals surface area contributed by atoms with E-state index in [2.05, 4.69) is 15.6 Å². The zero-order valence-electron chi connectivity index (χ0n) is 16.9. The van der Waals surface area contributed by atoms with E-state index in [1.165, 1.54) is 11.8 Å². The third-order valence-electron chi connectivity index (χ3n) is 5.24. The smallest absolute Gasteiger partial charge is 0.323 e. The summed E-state index contributed by atoms with van der Waals surface area (Å²) in [7, 11) is 0. The first-order valence-corrected chi connectivity index (χ1v) is 11.4. The lowest BCUT2D eigenvalue weighted by atomic mass is 10.2. The molecule has 0 radical (unpaired) electrons. The van der Waals surface area contributed by atoms with Crippen LogP contribution < -0.4 is 15.5 Å². The van der Waals surface area contributed by atoms with Crippen LogP contribution in [-0.4, -0.2) is 22.7 Å². The van der Waals surface area contributed by atoms with E-state index in [-0.39, 0.29) is 11.9 Å². The SMILES string of the molecule is O=C(Nc1ccc2c(c1)N(Cc1ccccc1)C(=O)CS2)Nc1c[nH]c2ccc(Cl)cc12. The Kier molecular flexibility index (Phi) is 5.51. The molecule has 1 aromatic heterocycles. The van der Waals surface area contributed by atoms with Crippen LogP contribution in [0.2, 0.25) is 5.02 Å².